The smallest absolute Gasteiger partial charge is 0.241 e. The van der Waals surface area contributed by atoms with Gasteiger partial charge >= 0.3 is 0 Å². The van der Waals surface area contributed by atoms with Gasteiger partial charge in [-0.25, -0.2) is 0 Å². The lowest BCUT2D eigenvalue weighted by Crippen LogP contribution is -2.48. The van der Waals surface area contributed by atoms with E-state index in [9.17, 15) is 9.59 Å². The highest BCUT2D eigenvalue weighted by atomic mass is 16.2. The number of anilines is 2. The van der Waals surface area contributed by atoms with Crippen molar-refractivity contribution >= 4 is 23.2 Å². The van der Waals surface area contributed by atoms with Crippen molar-refractivity contribution in [3.8, 4) is 0 Å². The molecule has 0 bridgehead atoms. The molecule has 1 N–H and O–H groups in total. The number of hydrogen-bond donors (Lipinski definition) is 1. The molecule has 0 aliphatic carbocycles. The lowest BCUT2D eigenvalue weighted by molar-refractivity contribution is -0.124. The molecule has 28 heavy (non-hydrogen) atoms. The first kappa shape index (κ1) is 20.1. The van der Waals surface area contributed by atoms with Gasteiger partial charge in [-0.1, -0.05) is 36.4 Å². The second kappa shape index (κ2) is 9.51. The van der Waals surface area contributed by atoms with Crippen LogP contribution in [0.1, 0.15) is 26.7 Å². The number of nitrogens with one attached hydrogen (secondary N) is 1. The van der Waals surface area contributed by atoms with Gasteiger partial charge in [-0.05, 0) is 57.5 Å². The highest BCUT2D eigenvalue weighted by molar-refractivity contribution is 5.95. The van der Waals surface area contributed by atoms with Gasteiger partial charge in [-0.15, -0.1) is 0 Å². The van der Waals surface area contributed by atoms with Crippen LogP contribution in [0.4, 0.5) is 11.4 Å². The summed E-state index contributed by atoms with van der Waals surface area (Å²) in [5.41, 5.74) is 1.73. The van der Waals surface area contributed by atoms with E-state index < -0.39 is 0 Å². The minimum Gasteiger partial charge on any atom is -0.326 e. The van der Waals surface area contributed by atoms with Crippen LogP contribution in [0.15, 0.2) is 60.7 Å². The molecule has 1 aliphatic heterocycles. The lowest BCUT2D eigenvalue weighted by atomic mass is 9.97. The van der Waals surface area contributed by atoms with Crippen LogP contribution in [0.3, 0.4) is 0 Å². The first-order valence-electron chi connectivity index (χ1n) is 10.00. The molecule has 1 aliphatic rings. The summed E-state index contributed by atoms with van der Waals surface area (Å²) in [6.07, 6.45) is 1.78. The van der Waals surface area contributed by atoms with Crippen LogP contribution < -0.4 is 10.2 Å². The van der Waals surface area contributed by atoms with Crippen molar-refractivity contribution in [3.05, 3.63) is 60.7 Å². The minimum absolute atomic E-state index is 0.0344. The Balaban J connectivity index is 1.60. The van der Waals surface area contributed by atoms with Crippen molar-refractivity contribution in [2.75, 3.05) is 29.9 Å². The summed E-state index contributed by atoms with van der Waals surface area (Å²) in [5.74, 6) is 0.0171. The number of para-hydroxylation sites is 2. The van der Waals surface area contributed by atoms with Gasteiger partial charge in [0.05, 0.1) is 12.5 Å². The van der Waals surface area contributed by atoms with E-state index in [1.807, 2.05) is 79.4 Å². The van der Waals surface area contributed by atoms with E-state index in [4.69, 9.17) is 0 Å². The Labute approximate surface area is 167 Å². The second-order valence-corrected chi connectivity index (χ2v) is 7.62. The topological polar surface area (TPSA) is 52.7 Å². The van der Waals surface area contributed by atoms with Gasteiger partial charge in [0.1, 0.15) is 0 Å². The number of amides is 2. The van der Waals surface area contributed by atoms with E-state index >= 15 is 0 Å². The molecule has 0 saturated carbocycles. The van der Waals surface area contributed by atoms with E-state index in [1.165, 1.54) is 0 Å². The molecule has 0 radical (unpaired) electrons. The molecular formula is C23H29N3O2. The fourth-order valence-electron chi connectivity index (χ4n) is 3.77. The SMILES string of the molecule is CC(C)N(C(=O)CN1CCCC(C(=O)Nc2ccccc2)C1)c1ccccc1. The number of benzene rings is 2. The van der Waals surface area contributed by atoms with Gasteiger partial charge in [0.25, 0.3) is 0 Å². The van der Waals surface area contributed by atoms with Crippen LogP contribution in [-0.2, 0) is 9.59 Å². The number of piperidine rings is 1. The zero-order valence-corrected chi connectivity index (χ0v) is 16.7. The zero-order chi connectivity index (χ0) is 19.9. The summed E-state index contributed by atoms with van der Waals surface area (Å²) in [5, 5.41) is 2.99. The number of carbonyl (C=O) groups is 2. The number of nitrogens with zero attached hydrogens (tertiary/aromatic N) is 2. The third kappa shape index (κ3) is 5.20. The van der Waals surface area contributed by atoms with Crippen molar-refractivity contribution < 1.29 is 9.59 Å². The maximum Gasteiger partial charge on any atom is 0.241 e. The fraction of sp³-hybridized carbons (Fsp3) is 0.391. The minimum atomic E-state index is -0.0917. The number of hydrogen-bond acceptors (Lipinski definition) is 3. The average molecular weight is 380 g/mol. The van der Waals surface area contributed by atoms with Crippen molar-refractivity contribution in [1.29, 1.82) is 0 Å². The molecule has 5 heteroatoms. The summed E-state index contributed by atoms with van der Waals surface area (Å²) in [6.45, 7) is 5.85. The molecule has 1 heterocycles. The molecular weight excluding hydrogens is 350 g/mol. The maximum atomic E-state index is 13.0. The highest BCUT2D eigenvalue weighted by Gasteiger charge is 2.29. The van der Waals surface area contributed by atoms with Crippen LogP contribution in [0.5, 0.6) is 0 Å². The summed E-state index contributed by atoms with van der Waals surface area (Å²) in [7, 11) is 0. The Morgan fingerprint density at radius 3 is 2.36 bits per heavy atom. The van der Waals surface area contributed by atoms with Gasteiger partial charge in [-0.3, -0.25) is 14.5 Å². The molecule has 0 spiro atoms. The van der Waals surface area contributed by atoms with Gasteiger partial charge in [0.2, 0.25) is 11.8 Å². The van der Waals surface area contributed by atoms with Gasteiger partial charge in [0.15, 0.2) is 0 Å². The van der Waals surface area contributed by atoms with Gasteiger partial charge in [-0.2, -0.15) is 0 Å². The fourth-order valence-corrected chi connectivity index (χ4v) is 3.77. The number of rotatable bonds is 6. The Hall–Kier alpha value is -2.66. The van der Waals surface area contributed by atoms with Crippen molar-refractivity contribution in [2.45, 2.75) is 32.7 Å². The van der Waals surface area contributed by atoms with E-state index in [1.54, 1.807) is 0 Å². The Bertz CT molecular complexity index is 777. The van der Waals surface area contributed by atoms with Crippen LogP contribution in [0.25, 0.3) is 0 Å². The van der Waals surface area contributed by atoms with E-state index in [0.717, 1.165) is 30.8 Å². The quantitative estimate of drug-likeness (QED) is 0.831. The maximum absolute atomic E-state index is 13.0. The molecule has 148 valence electrons. The number of likely N-dealkylation sites (tertiary alicyclic amines) is 1. The molecule has 1 unspecified atom stereocenters. The lowest BCUT2D eigenvalue weighted by Gasteiger charge is -2.34. The Kier molecular flexibility index (Phi) is 6.82. The summed E-state index contributed by atoms with van der Waals surface area (Å²) in [4.78, 5) is 29.6. The first-order valence-corrected chi connectivity index (χ1v) is 10.00. The van der Waals surface area contributed by atoms with Crippen molar-refractivity contribution in [3.63, 3.8) is 0 Å². The molecule has 5 nitrogen and oxygen atoms in total. The van der Waals surface area contributed by atoms with Crippen molar-refractivity contribution in [2.24, 2.45) is 5.92 Å². The molecule has 1 atom stereocenters. The second-order valence-electron chi connectivity index (χ2n) is 7.62. The Morgan fingerprint density at radius 1 is 1.07 bits per heavy atom. The standard InChI is InChI=1S/C23H29N3O2/c1-18(2)26(21-13-7-4-8-14-21)22(27)17-25-15-9-10-19(16-25)23(28)24-20-11-5-3-6-12-20/h3-8,11-14,18-19H,9-10,15-17H2,1-2H3,(H,24,28). The van der Waals surface area contributed by atoms with Gasteiger partial charge in [0, 0.05) is 24.0 Å². The molecule has 2 aromatic rings. The molecule has 3 rings (SSSR count). The van der Waals surface area contributed by atoms with E-state index in [2.05, 4.69) is 10.2 Å². The van der Waals surface area contributed by atoms with Crippen LogP contribution in [0.2, 0.25) is 0 Å². The third-order valence-corrected chi connectivity index (χ3v) is 5.10. The van der Waals surface area contributed by atoms with Crippen molar-refractivity contribution in [1.82, 2.24) is 4.90 Å². The first-order chi connectivity index (χ1) is 13.5. The predicted octanol–water partition coefficient (Wildman–Crippen LogP) is 3.78. The summed E-state index contributed by atoms with van der Waals surface area (Å²) in [6, 6.07) is 19.4. The van der Waals surface area contributed by atoms with Gasteiger partial charge < -0.3 is 10.2 Å². The summed E-state index contributed by atoms with van der Waals surface area (Å²) >= 11 is 0. The largest absolute Gasteiger partial charge is 0.326 e. The van der Waals surface area contributed by atoms with E-state index in [0.29, 0.717) is 13.1 Å². The molecule has 2 aromatic carbocycles. The monoisotopic (exact) mass is 379 g/mol. The van der Waals surface area contributed by atoms with E-state index in [-0.39, 0.29) is 23.8 Å². The average Bonchev–Trinajstić information content (AvgIpc) is 2.69. The predicted molar refractivity (Wildman–Crippen MR) is 113 cm³/mol. The third-order valence-electron chi connectivity index (χ3n) is 5.10. The van der Waals surface area contributed by atoms with Crippen LogP contribution in [0, 0.1) is 5.92 Å². The summed E-state index contributed by atoms with van der Waals surface area (Å²) < 4.78 is 0. The highest BCUT2D eigenvalue weighted by Crippen LogP contribution is 2.21. The van der Waals surface area contributed by atoms with Crippen LogP contribution in [-0.4, -0.2) is 42.4 Å². The van der Waals surface area contributed by atoms with Crippen LogP contribution >= 0.6 is 0 Å². The molecule has 1 saturated heterocycles. The molecule has 1 fully saturated rings. The Morgan fingerprint density at radius 2 is 1.71 bits per heavy atom. The number of carbonyl (C=O) groups excluding carboxylic acids is 2. The normalized spacial score (nSPS) is 17.3. The zero-order valence-electron chi connectivity index (χ0n) is 16.7. The molecule has 0 aromatic heterocycles. The molecule has 2 amide bonds.